The van der Waals surface area contributed by atoms with Crippen LogP contribution in [0.2, 0.25) is 0 Å². The van der Waals surface area contributed by atoms with E-state index in [1.165, 1.54) is 11.1 Å². The Morgan fingerprint density at radius 3 is 2.12 bits per heavy atom. The number of β-amino-alcohol motifs (C(OH)–C–C–N with tert-alkyl or cyclic N) is 1. The number of halogens is 2. The van der Waals surface area contributed by atoms with Gasteiger partial charge in [-0.25, -0.2) is 0 Å². The summed E-state index contributed by atoms with van der Waals surface area (Å²) in [7, 11) is 0. The Bertz CT molecular complexity index is 350. The van der Waals surface area contributed by atoms with Gasteiger partial charge in [-0.2, -0.15) is 0 Å². The molecule has 0 bridgehead atoms. The second kappa shape index (κ2) is 6.03. The first-order valence-corrected chi connectivity index (χ1v) is 5.54. The lowest BCUT2D eigenvalue weighted by Gasteiger charge is -2.25. The number of aliphatic hydroxyl groups is 1. The zero-order valence-corrected chi connectivity index (χ0v) is 11.1. The fourth-order valence-electron chi connectivity index (χ4n) is 2.62. The van der Waals surface area contributed by atoms with Gasteiger partial charge in [-0.3, -0.25) is 4.90 Å². The van der Waals surface area contributed by atoms with Crippen LogP contribution in [-0.4, -0.2) is 35.2 Å². The average Bonchev–Trinajstić information content (AvgIpc) is 2.82. The lowest BCUT2D eigenvalue weighted by Crippen LogP contribution is -2.39. The molecule has 2 atom stereocenters. The van der Waals surface area contributed by atoms with E-state index in [1.54, 1.807) is 0 Å². The topological polar surface area (TPSA) is 35.5 Å². The molecule has 2 unspecified atom stereocenters. The summed E-state index contributed by atoms with van der Waals surface area (Å²) >= 11 is 0. The minimum Gasteiger partial charge on any atom is -0.390 e. The van der Waals surface area contributed by atoms with Crippen molar-refractivity contribution < 1.29 is 5.11 Å². The summed E-state index contributed by atoms with van der Waals surface area (Å²) < 4.78 is 0. The zero-order valence-electron chi connectivity index (χ0n) is 9.50. The van der Waals surface area contributed by atoms with Crippen LogP contribution in [0.5, 0.6) is 0 Å². The monoisotopic (exact) mass is 276 g/mol. The molecule has 2 aliphatic rings. The highest BCUT2D eigenvalue weighted by Crippen LogP contribution is 2.25. The Balaban J connectivity index is 0.000000722. The van der Waals surface area contributed by atoms with Crippen molar-refractivity contribution in [2.75, 3.05) is 13.1 Å². The molecule has 3 rings (SSSR count). The van der Waals surface area contributed by atoms with Crippen LogP contribution in [0.4, 0.5) is 0 Å². The van der Waals surface area contributed by atoms with Crippen molar-refractivity contribution in [1.82, 2.24) is 10.2 Å². The summed E-state index contributed by atoms with van der Waals surface area (Å²) in [4.78, 5) is 2.37. The van der Waals surface area contributed by atoms with E-state index in [-0.39, 0.29) is 37.0 Å². The number of hydrogen-bond donors (Lipinski definition) is 2. The highest BCUT2D eigenvalue weighted by Gasteiger charge is 2.33. The molecule has 1 aromatic carbocycles. The molecule has 1 saturated heterocycles. The molecule has 2 aliphatic heterocycles. The minimum absolute atomic E-state index is 0. The van der Waals surface area contributed by atoms with E-state index in [0.717, 1.165) is 26.2 Å². The fourth-order valence-corrected chi connectivity index (χ4v) is 2.62. The number of aliphatic hydroxyl groups excluding tert-OH is 1. The summed E-state index contributed by atoms with van der Waals surface area (Å²) in [5.74, 6) is 0. The van der Waals surface area contributed by atoms with E-state index in [4.69, 9.17) is 0 Å². The number of rotatable bonds is 1. The van der Waals surface area contributed by atoms with Crippen molar-refractivity contribution >= 4 is 24.8 Å². The molecule has 1 fully saturated rings. The Hall–Kier alpha value is -0.320. The third-order valence-electron chi connectivity index (χ3n) is 3.49. The highest BCUT2D eigenvalue weighted by molar-refractivity contribution is 5.85. The highest BCUT2D eigenvalue weighted by atomic mass is 35.5. The lowest BCUT2D eigenvalue weighted by atomic mass is 10.1. The maximum atomic E-state index is 9.82. The summed E-state index contributed by atoms with van der Waals surface area (Å²) in [6.07, 6.45) is -0.209. The summed E-state index contributed by atoms with van der Waals surface area (Å²) in [5.41, 5.74) is 2.83. The predicted molar refractivity (Wildman–Crippen MR) is 72.8 cm³/mol. The average molecular weight is 277 g/mol. The van der Waals surface area contributed by atoms with Gasteiger partial charge in [0.2, 0.25) is 0 Å². The molecule has 96 valence electrons. The second-order valence-electron chi connectivity index (χ2n) is 4.47. The van der Waals surface area contributed by atoms with Gasteiger partial charge in [0.1, 0.15) is 0 Å². The van der Waals surface area contributed by atoms with E-state index in [2.05, 4.69) is 34.5 Å². The minimum atomic E-state index is -0.209. The van der Waals surface area contributed by atoms with Gasteiger partial charge in [0, 0.05) is 32.2 Å². The number of nitrogens with one attached hydrogen (secondary N) is 1. The molecule has 17 heavy (non-hydrogen) atoms. The Kier molecular flexibility index (Phi) is 5.22. The molecule has 1 aromatic rings. The SMILES string of the molecule is Cl.Cl.OC1CNCC1N1Cc2ccccc2C1. The largest absolute Gasteiger partial charge is 0.390 e. The standard InChI is InChI=1S/C12H16N2O.2ClH/c15-12-6-13-5-11(12)14-7-9-3-1-2-4-10(9)8-14;;/h1-4,11-13,15H,5-8H2;2*1H. The van der Waals surface area contributed by atoms with Crippen molar-refractivity contribution in [2.24, 2.45) is 0 Å². The first-order chi connectivity index (χ1) is 7.34. The molecule has 0 radical (unpaired) electrons. The van der Waals surface area contributed by atoms with Gasteiger partial charge >= 0.3 is 0 Å². The zero-order chi connectivity index (χ0) is 10.3. The van der Waals surface area contributed by atoms with Gasteiger partial charge in [0.05, 0.1) is 6.10 Å². The van der Waals surface area contributed by atoms with Gasteiger partial charge in [-0.1, -0.05) is 24.3 Å². The normalized spacial score (nSPS) is 27.1. The number of fused-ring (bicyclic) bond motifs is 1. The predicted octanol–water partition coefficient (Wildman–Crippen LogP) is 1.18. The third-order valence-corrected chi connectivity index (χ3v) is 3.49. The number of hydrogen-bond acceptors (Lipinski definition) is 3. The van der Waals surface area contributed by atoms with Gasteiger partial charge in [-0.15, -0.1) is 24.8 Å². The van der Waals surface area contributed by atoms with Crippen molar-refractivity contribution in [3.8, 4) is 0 Å². The van der Waals surface area contributed by atoms with Crippen LogP contribution in [0.3, 0.4) is 0 Å². The van der Waals surface area contributed by atoms with Crippen molar-refractivity contribution in [1.29, 1.82) is 0 Å². The Labute approximate surface area is 114 Å². The van der Waals surface area contributed by atoms with E-state index in [0.29, 0.717) is 0 Å². The van der Waals surface area contributed by atoms with Crippen LogP contribution in [0.15, 0.2) is 24.3 Å². The Morgan fingerprint density at radius 2 is 1.65 bits per heavy atom. The van der Waals surface area contributed by atoms with Crippen LogP contribution in [0, 0.1) is 0 Å². The first kappa shape index (κ1) is 14.7. The van der Waals surface area contributed by atoms with E-state index in [9.17, 15) is 5.11 Å². The van der Waals surface area contributed by atoms with Crippen LogP contribution in [0.1, 0.15) is 11.1 Å². The molecule has 0 saturated carbocycles. The van der Waals surface area contributed by atoms with E-state index in [1.807, 2.05) is 0 Å². The van der Waals surface area contributed by atoms with E-state index >= 15 is 0 Å². The molecular weight excluding hydrogens is 259 g/mol. The summed E-state index contributed by atoms with van der Waals surface area (Å²) in [5, 5.41) is 13.1. The molecular formula is C12H18Cl2N2O. The quantitative estimate of drug-likeness (QED) is 0.809. The lowest BCUT2D eigenvalue weighted by molar-refractivity contribution is 0.0815. The van der Waals surface area contributed by atoms with Crippen LogP contribution < -0.4 is 5.32 Å². The molecule has 3 nitrogen and oxygen atoms in total. The molecule has 2 N–H and O–H groups in total. The summed E-state index contributed by atoms with van der Waals surface area (Å²) in [6, 6.07) is 8.84. The van der Waals surface area contributed by atoms with Gasteiger partial charge in [0.25, 0.3) is 0 Å². The first-order valence-electron chi connectivity index (χ1n) is 5.54. The van der Waals surface area contributed by atoms with Gasteiger partial charge in [-0.05, 0) is 11.1 Å². The summed E-state index contributed by atoms with van der Waals surface area (Å²) in [6.45, 7) is 3.62. The van der Waals surface area contributed by atoms with Gasteiger partial charge in [0.15, 0.2) is 0 Å². The Morgan fingerprint density at radius 1 is 1.06 bits per heavy atom. The van der Waals surface area contributed by atoms with Crippen LogP contribution in [-0.2, 0) is 13.1 Å². The van der Waals surface area contributed by atoms with E-state index < -0.39 is 0 Å². The van der Waals surface area contributed by atoms with Crippen LogP contribution in [0.25, 0.3) is 0 Å². The van der Waals surface area contributed by atoms with Crippen molar-refractivity contribution in [3.05, 3.63) is 35.4 Å². The molecule has 0 aliphatic carbocycles. The molecule has 2 heterocycles. The van der Waals surface area contributed by atoms with Crippen LogP contribution >= 0.6 is 24.8 Å². The number of nitrogens with zero attached hydrogens (tertiary/aromatic N) is 1. The van der Waals surface area contributed by atoms with Gasteiger partial charge < -0.3 is 10.4 Å². The molecule has 5 heteroatoms. The number of benzene rings is 1. The van der Waals surface area contributed by atoms with Crippen molar-refractivity contribution in [2.45, 2.75) is 25.2 Å². The maximum absolute atomic E-state index is 9.82. The molecule has 0 spiro atoms. The second-order valence-corrected chi connectivity index (χ2v) is 4.47. The molecule has 0 amide bonds. The molecule has 0 aromatic heterocycles. The third kappa shape index (κ3) is 2.75. The smallest absolute Gasteiger partial charge is 0.0832 e. The van der Waals surface area contributed by atoms with Crippen molar-refractivity contribution in [3.63, 3.8) is 0 Å². The fraction of sp³-hybridized carbons (Fsp3) is 0.500. The maximum Gasteiger partial charge on any atom is 0.0832 e.